The Morgan fingerprint density at radius 2 is 1.73 bits per heavy atom. The van der Waals surface area contributed by atoms with Crippen LogP contribution in [-0.4, -0.2) is 19.5 Å². The van der Waals surface area contributed by atoms with E-state index in [1.54, 1.807) is 30.3 Å². The maximum absolute atomic E-state index is 12.6. The molecule has 6 nitrogen and oxygen atoms in total. The first-order valence-electron chi connectivity index (χ1n) is 8.44. The fourth-order valence-corrected chi connectivity index (χ4v) is 3.49. The Bertz CT molecular complexity index is 1010. The number of hydrogen-bond donors (Lipinski definition) is 1. The highest BCUT2D eigenvalue weighted by atomic mass is 32.2. The van der Waals surface area contributed by atoms with Gasteiger partial charge in [0.05, 0.1) is 16.7 Å². The number of aromatic nitrogens is 1. The molecular formula is C19H22N2O4S. The first kappa shape index (κ1) is 18.3. The van der Waals surface area contributed by atoms with Crippen molar-refractivity contribution < 1.29 is 17.6 Å². The van der Waals surface area contributed by atoms with Crippen LogP contribution in [0.3, 0.4) is 0 Å². The van der Waals surface area contributed by atoms with Gasteiger partial charge in [-0.1, -0.05) is 13.8 Å². The minimum Gasteiger partial charge on any atom is -0.491 e. The number of nitrogens with one attached hydrogen (secondary N) is 1. The van der Waals surface area contributed by atoms with E-state index in [4.69, 9.17) is 9.15 Å². The number of nitrogens with zero attached hydrogens (tertiary/aromatic N) is 1. The largest absolute Gasteiger partial charge is 0.491 e. The van der Waals surface area contributed by atoms with E-state index < -0.39 is 10.0 Å². The van der Waals surface area contributed by atoms with Crippen molar-refractivity contribution in [2.45, 2.75) is 44.6 Å². The lowest BCUT2D eigenvalue weighted by Gasteiger charge is -2.11. The van der Waals surface area contributed by atoms with Crippen molar-refractivity contribution >= 4 is 26.8 Å². The van der Waals surface area contributed by atoms with Crippen LogP contribution >= 0.6 is 0 Å². The van der Waals surface area contributed by atoms with Crippen molar-refractivity contribution in [2.75, 3.05) is 4.72 Å². The zero-order valence-corrected chi connectivity index (χ0v) is 16.0. The predicted octanol–water partition coefficient (Wildman–Crippen LogP) is 4.54. The van der Waals surface area contributed by atoms with Crippen LogP contribution in [0.2, 0.25) is 0 Å². The summed E-state index contributed by atoms with van der Waals surface area (Å²) in [4.78, 5) is 4.54. The standard InChI is InChI=1S/C19H22N2O4S/c1-12(2)19-20-17-10-5-14(11-18(17)25-19)21-26(22,23)16-8-6-15(7-9-16)24-13(3)4/h5-13,21H,1-4H3. The molecule has 0 radical (unpaired) electrons. The molecule has 26 heavy (non-hydrogen) atoms. The fraction of sp³-hybridized carbons (Fsp3) is 0.316. The molecule has 0 spiro atoms. The molecule has 0 unspecified atom stereocenters. The molecule has 0 aliphatic heterocycles. The molecular weight excluding hydrogens is 352 g/mol. The second-order valence-electron chi connectivity index (χ2n) is 6.63. The average Bonchev–Trinajstić information content (AvgIpc) is 2.98. The summed E-state index contributed by atoms with van der Waals surface area (Å²) < 4.78 is 39.0. The van der Waals surface area contributed by atoms with Gasteiger partial charge in [-0.05, 0) is 50.2 Å². The highest BCUT2D eigenvalue weighted by Gasteiger charge is 2.16. The first-order chi connectivity index (χ1) is 12.2. The van der Waals surface area contributed by atoms with Crippen molar-refractivity contribution in [1.29, 1.82) is 0 Å². The van der Waals surface area contributed by atoms with Crippen LogP contribution in [0.25, 0.3) is 11.1 Å². The van der Waals surface area contributed by atoms with E-state index in [2.05, 4.69) is 9.71 Å². The summed E-state index contributed by atoms with van der Waals surface area (Å²) in [5.74, 6) is 1.41. The van der Waals surface area contributed by atoms with Gasteiger partial charge < -0.3 is 9.15 Å². The lowest BCUT2D eigenvalue weighted by Crippen LogP contribution is -2.13. The number of ether oxygens (including phenoxy) is 1. The van der Waals surface area contributed by atoms with Gasteiger partial charge in [-0.25, -0.2) is 13.4 Å². The van der Waals surface area contributed by atoms with Crippen LogP contribution in [-0.2, 0) is 10.0 Å². The third-order valence-corrected chi connectivity index (χ3v) is 5.05. The first-order valence-corrected chi connectivity index (χ1v) is 9.93. The van der Waals surface area contributed by atoms with Crippen LogP contribution in [0, 0.1) is 0 Å². The summed E-state index contributed by atoms with van der Waals surface area (Å²) in [6.07, 6.45) is 0.0277. The summed E-state index contributed by atoms with van der Waals surface area (Å²) in [7, 11) is -3.70. The Hall–Kier alpha value is -2.54. The topological polar surface area (TPSA) is 81.4 Å². The normalized spacial score (nSPS) is 12.1. The van der Waals surface area contributed by atoms with Crippen LogP contribution in [0.5, 0.6) is 5.75 Å². The molecule has 7 heteroatoms. The molecule has 3 rings (SSSR count). The molecule has 2 aromatic carbocycles. The molecule has 0 aliphatic carbocycles. The van der Waals surface area contributed by atoms with E-state index in [0.717, 1.165) is 0 Å². The van der Waals surface area contributed by atoms with E-state index in [-0.39, 0.29) is 16.9 Å². The predicted molar refractivity (Wildman–Crippen MR) is 101 cm³/mol. The van der Waals surface area contributed by atoms with Crippen molar-refractivity contribution in [2.24, 2.45) is 0 Å². The quantitative estimate of drug-likeness (QED) is 0.685. The summed E-state index contributed by atoms with van der Waals surface area (Å²) in [6.45, 7) is 7.80. The molecule has 0 amide bonds. The average molecular weight is 374 g/mol. The van der Waals surface area contributed by atoms with Gasteiger partial charge in [0.1, 0.15) is 11.3 Å². The van der Waals surface area contributed by atoms with Gasteiger partial charge in [0.25, 0.3) is 10.0 Å². The summed E-state index contributed by atoms with van der Waals surface area (Å²) in [5.41, 5.74) is 1.67. The molecule has 0 atom stereocenters. The van der Waals surface area contributed by atoms with E-state index in [0.29, 0.717) is 28.4 Å². The monoisotopic (exact) mass is 374 g/mol. The van der Waals surface area contributed by atoms with Crippen LogP contribution in [0.4, 0.5) is 5.69 Å². The lowest BCUT2D eigenvalue weighted by atomic mass is 10.2. The highest BCUT2D eigenvalue weighted by Crippen LogP contribution is 2.26. The maximum Gasteiger partial charge on any atom is 0.261 e. The third kappa shape index (κ3) is 3.99. The lowest BCUT2D eigenvalue weighted by molar-refractivity contribution is 0.242. The number of anilines is 1. The van der Waals surface area contributed by atoms with Crippen molar-refractivity contribution in [1.82, 2.24) is 4.98 Å². The minimum absolute atomic E-state index is 0.0277. The SMILES string of the molecule is CC(C)Oc1ccc(S(=O)(=O)Nc2ccc3nc(C(C)C)oc3c2)cc1. The van der Waals surface area contributed by atoms with Gasteiger partial charge in [-0.15, -0.1) is 0 Å². The number of sulfonamides is 1. The molecule has 1 N–H and O–H groups in total. The van der Waals surface area contributed by atoms with E-state index >= 15 is 0 Å². The maximum atomic E-state index is 12.6. The Balaban J connectivity index is 1.83. The van der Waals surface area contributed by atoms with Crippen molar-refractivity contribution in [3.63, 3.8) is 0 Å². The Morgan fingerprint density at radius 1 is 1.04 bits per heavy atom. The number of rotatable bonds is 6. The molecule has 0 bridgehead atoms. The Labute approximate surface area is 153 Å². The van der Waals surface area contributed by atoms with Gasteiger partial charge in [-0.2, -0.15) is 0 Å². The molecule has 138 valence electrons. The summed E-state index contributed by atoms with van der Waals surface area (Å²) in [6, 6.07) is 11.4. The zero-order chi connectivity index (χ0) is 18.9. The molecule has 0 fully saturated rings. The Kier molecular flexibility index (Phi) is 4.91. The summed E-state index contributed by atoms with van der Waals surface area (Å²) >= 11 is 0. The highest BCUT2D eigenvalue weighted by molar-refractivity contribution is 7.92. The minimum atomic E-state index is -3.70. The molecule has 0 saturated carbocycles. The van der Waals surface area contributed by atoms with Crippen molar-refractivity contribution in [3.8, 4) is 5.75 Å². The van der Waals surface area contributed by atoms with Crippen molar-refractivity contribution in [3.05, 3.63) is 48.4 Å². The van der Waals surface area contributed by atoms with Gasteiger partial charge in [0.15, 0.2) is 11.5 Å². The van der Waals surface area contributed by atoms with Gasteiger partial charge >= 0.3 is 0 Å². The number of hydrogen-bond acceptors (Lipinski definition) is 5. The van der Waals surface area contributed by atoms with Gasteiger partial charge in [0.2, 0.25) is 0 Å². The molecule has 0 saturated heterocycles. The van der Waals surface area contributed by atoms with E-state index in [9.17, 15) is 8.42 Å². The Morgan fingerprint density at radius 3 is 2.35 bits per heavy atom. The van der Waals surface area contributed by atoms with E-state index in [1.807, 2.05) is 27.7 Å². The zero-order valence-electron chi connectivity index (χ0n) is 15.2. The molecule has 3 aromatic rings. The molecule has 1 heterocycles. The second kappa shape index (κ2) is 6.99. The van der Waals surface area contributed by atoms with Crippen LogP contribution in [0.1, 0.15) is 39.5 Å². The smallest absolute Gasteiger partial charge is 0.261 e. The van der Waals surface area contributed by atoms with Gasteiger partial charge in [-0.3, -0.25) is 4.72 Å². The fourth-order valence-electron chi connectivity index (χ4n) is 2.44. The van der Waals surface area contributed by atoms with Crippen LogP contribution < -0.4 is 9.46 Å². The number of benzene rings is 2. The number of oxazole rings is 1. The van der Waals surface area contributed by atoms with Crippen LogP contribution in [0.15, 0.2) is 51.8 Å². The second-order valence-corrected chi connectivity index (χ2v) is 8.32. The molecule has 0 aliphatic rings. The number of fused-ring (bicyclic) bond motifs is 1. The van der Waals surface area contributed by atoms with Gasteiger partial charge in [0, 0.05) is 12.0 Å². The van der Waals surface area contributed by atoms with E-state index in [1.165, 1.54) is 12.1 Å². The summed E-state index contributed by atoms with van der Waals surface area (Å²) in [5, 5.41) is 0. The molecule has 1 aromatic heterocycles. The third-order valence-electron chi connectivity index (χ3n) is 3.66.